The van der Waals surface area contributed by atoms with E-state index < -0.39 is 0 Å². The Kier molecular flexibility index (Phi) is 5.60. The van der Waals surface area contributed by atoms with Crippen LogP contribution >= 0.6 is 0 Å². The maximum Gasteiger partial charge on any atom is 0.233 e. The van der Waals surface area contributed by atoms with Gasteiger partial charge in [0.2, 0.25) is 5.91 Å². The fourth-order valence-electron chi connectivity index (χ4n) is 2.73. The quantitative estimate of drug-likeness (QED) is 0.811. The predicted octanol–water partition coefficient (Wildman–Crippen LogP) is 2.82. The van der Waals surface area contributed by atoms with Crippen molar-refractivity contribution in [3.63, 3.8) is 0 Å². The van der Waals surface area contributed by atoms with Gasteiger partial charge in [0.25, 0.3) is 0 Å². The number of rotatable bonds is 5. The van der Waals surface area contributed by atoms with Crippen LogP contribution in [0.1, 0.15) is 50.3 Å². The lowest BCUT2D eigenvalue weighted by molar-refractivity contribution is -0.120. The van der Waals surface area contributed by atoms with E-state index in [1.165, 1.54) is 24.0 Å². The average Bonchev–Trinajstić information content (AvgIpc) is 2.65. The van der Waals surface area contributed by atoms with Crippen LogP contribution in [0.25, 0.3) is 0 Å². The van der Waals surface area contributed by atoms with Gasteiger partial charge >= 0.3 is 0 Å². The van der Waals surface area contributed by atoms with Crippen LogP contribution in [0, 0.1) is 5.92 Å². The van der Waals surface area contributed by atoms with Crippen molar-refractivity contribution in [2.24, 2.45) is 5.92 Å². The molecule has 0 radical (unpaired) electrons. The van der Waals surface area contributed by atoms with Gasteiger partial charge in [-0.05, 0) is 36.3 Å². The van der Waals surface area contributed by atoms with Gasteiger partial charge in [0.15, 0.2) is 0 Å². The molecule has 3 nitrogen and oxygen atoms in total. The molecule has 2 rings (SSSR count). The standard InChI is InChI=1S/C17H26N2O/c1-13(2)11-19-17(20)12-18-16-10-6-4-8-14-7-3-5-9-15(14)16/h3,5,7,9,13,16,18H,4,6,8,10-12H2,1-2H3,(H,19,20). The first-order valence-electron chi connectivity index (χ1n) is 7.74. The van der Waals surface area contributed by atoms with Crippen molar-refractivity contribution in [3.05, 3.63) is 35.4 Å². The Labute approximate surface area is 122 Å². The lowest BCUT2D eigenvalue weighted by Gasteiger charge is -2.19. The minimum atomic E-state index is 0.0976. The molecule has 3 heteroatoms. The van der Waals surface area contributed by atoms with Gasteiger partial charge in [-0.25, -0.2) is 0 Å². The molecule has 0 spiro atoms. The van der Waals surface area contributed by atoms with Gasteiger partial charge < -0.3 is 10.6 Å². The van der Waals surface area contributed by atoms with Crippen LogP contribution in [0.15, 0.2) is 24.3 Å². The first-order chi connectivity index (χ1) is 9.66. The van der Waals surface area contributed by atoms with Crippen molar-refractivity contribution in [1.29, 1.82) is 0 Å². The molecule has 1 aliphatic rings. The molecular formula is C17H26N2O. The van der Waals surface area contributed by atoms with Crippen LogP contribution < -0.4 is 10.6 Å². The van der Waals surface area contributed by atoms with E-state index in [1.807, 2.05) is 0 Å². The van der Waals surface area contributed by atoms with Crippen LogP contribution in [0.2, 0.25) is 0 Å². The Morgan fingerprint density at radius 1 is 1.30 bits per heavy atom. The number of hydrogen-bond donors (Lipinski definition) is 2. The summed E-state index contributed by atoms with van der Waals surface area (Å²) in [6.45, 7) is 5.37. The second-order valence-corrected chi connectivity index (χ2v) is 6.08. The van der Waals surface area contributed by atoms with Gasteiger partial charge in [-0.1, -0.05) is 44.5 Å². The molecular weight excluding hydrogens is 248 g/mol. The van der Waals surface area contributed by atoms with Crippen LogP contribution in [0.4, 0.5) is 0 Å². The summed E-state index contributed by atoms with van der Waals surface area (Å²) in [6, 6.07) is 8.94. The topological polar surface area (TPSA) is 41.1 Å². The SMILES string of the molecule is CC(C)CNC(=O)CNC1CCCCc2ccccc21. The first-order valence-corrected chi connectivity index (χ1v) is 7.74. The fraction of sp³-hybridized carbons (Fsp3) is 0.588. The first kappa shape index (κ1) is 15.0. The van der Waals surface area contributed by atoms with Crippen LogP contribution in [0.3, 0.4) is 0 Å². The third-order valence-corrected chi connectivity index (χ3v) is 3.84. The Morgan fingerprint density at radius 3 is 2.90 bits per heavy atom. The van der Waals surface area contributed by atoms with Gasteiger partial charge in [0, 0.05) is 12.6 Å². The molecule has 0 heterocycles. The fourth-order valence-corrected chi connectivity index (χ4v) is 2.73. The summed E-state index contributed by atoms with van der Waals surface area (Å²) in [4.78, 5) is 11.8. The van der Waals surface area contributed by atoms with Crippen molar-refractivity contribution in [2.75, 3.05) is 13.1 Å². The van der Waals surface area contributed by atoms with E-state index in [2.05, 4.69) is 48.7 Å². The molecule has 1 aromatic carbocycles. The largest absolute Gasteiger partial charge is 0.355 e. The summed E-state index contributed by atoms with van der Waals surface area (Å²) in [5.74, 6) is 0.595. The average molecular weight is 274 g/mol. The molecule has 0 saturated carbocycles. The highest BCUT2D eigenvalue weighted by Gasteiger charge is 2.18. The Balaban J connectivity index is 1.91. The van der Waals surface area contributed by atoms with E-state index in [-0.39, 0.29) is 5.91 Å². The molecule has 1 aromatic rings. The van der Waals surface area contributed by atoms with Gasteiger partial charge in [-0.3, -0.25) is 4.79 Å². The number of nitrogens with one attached hydrogen (secondary N) is 2. The summed E-state index contributed by atoms with van der Waals surface area (Å²) in [5, 5.41) is 6.39. The van der Waals surface area contributed by atoms with E-state index in [9.17, 15) is 4.79 Å². The molecule has 0 fully saturated rings. The second kappa shape index (κ2) is 7.44. The minimum Gasteiger partial charge on any atom is -0.355 e. The molecule has 0 aromatic heterocycles. The minimum absolute atomic E-state index is 0.0976. The Hall–Kier alpha value is -1.35. The maximum atomic E-state index is 11.8. The Bertz CT molecular complexity index is 442. The van der Waals surface area contributed by atoms with Gasteiger partial charge in [0.1, 0.15) is 0 Å². The number of benzene rings is 1. The summed E-state index contributed by atoms with van der Waals surface area (Å²) >= 11 is 0. The van der Waals surface area contributed by atoms with Gasteiger partial charge in [-0.15, -0.1) is 0 Å². The zero-order chi connectivity index (χ0) is 14.4. The summed E-state index contributed by atoms with van der Waals surface area (Å²) in [6.07, 6.45) is 4.75. The molecule has 0 bridgehead atoms. The number of hydrogen-bond acceptors (Lipinski definition) is 2. The molecule has 1 amide bonds. The summed E-state index contributed by atoms with van der Waals surface area (Å²) in [5.41, 5.74) is 2.81. The van der Waals surface area contributed by atoms with Crippen LogP contribution in [-0.4, -0.2) is 19.0 Å². The molecule has 1 atom stereocenters. The number of fused-ring (bicyclic) bond motifs is 1. The van der Waals surface area contributed by atoms with E-state index in [1.54, 1.807) is 0 Å². The van der Waals surface area contributed by atoms with E-state index in [0.717, 1.165) is 19.4 Å². The van der Waals surface area contributed by atoms with Gasteiger partial charge in [0.05, 0.1) is 6.54 Å². The summed E-state index contributed by atoms with van der Waals surface area (Å²) < 4.78 is 0. The zero-order valence-corrected chi connectivity index (χ0v) is 12.6. The van der Waals surface area contributed by atoms with Crippen molar-refractivity contribution >= 4 is 5.91 Å². The van der Waals surface area contributed by atoms with Crippen LogP contribution in [0.5, 0.6) is 0 Å². The molecule has 1 unspecified atom stereocenters. The van der Waals surface area contributed by atoms with Crippen molar-refractivity contribution in [1.82, 2.24) is 10.6 Å². The molecule has 0 saturated heterocycles. The number of amides is 1. The van der Waals surface area contributed by atoms with Crippen molar-refractivity contribution in [3.8, 4) is 0 Å². The lowest BCUT2D eigenvalue weighted by Crippen LogP contribution is -2.37. The zero-order valence-electron chi connectivity index (χ0n) is 12.6. The second-order valence-electron chi connectivity index (χ2n) is 6.08. The normalized spacial score (nSPS) is 18.4. The Morgan fingerprint density at radius 2 is 2.10 bits per heavy atom. The van der Waals surface area contributed by atoms with E-state index >= 15 is 0 Å². The number of carbonyl (C=O) groups excluding carboxylic acids is 1. The van der Waals surface area contributed by atoms with E-state index in [4.69, 9.17) is 0 Å². The summed E-state index contributed by atoms with van der Waals surface area (Å²) in [7, 11) is 0. The smallest absolute Gasteiger partial charge is 0.233 e. The molecule has 20 heavy (non-hydrogen) atoms. The third-order valence-electron chi connectivity index (χ3n) is 3.84. The molecule has 2 N–H and O–H groups in total. The number of aryl methyl sites for hydroxylation is 1. The lowest BCUT2D eigenvalue weighted by atomic mass is 9.99. The van der Waals surface area contributed by atoms with Gasteiger partial charge in [-0.2, -0.15) is 0 Å². The predicted molar refractivity (Wildman–Crippen MR) is 82.6 cm³/mol. The highest BCUT2D eigenvalue weighted by molar-refractivity contribution is 5.78. The van der Waals surface area contributed by atoms with E-state index in [0.29, 0.717) is 18.5 Å². The highest BCUT2D eigenvalue weighted by Crippen LogP contribution is 2.28. The maximum absolute atomic E-state index is 11.8. The number of carbonyl (C=O) groups is 1. The molecule has 0 aliphatic heterocycles. The molecule has 1 aliphatic carbocycles. The van der Waals surface area contributed by atoms with Crippen LogP contribution in [-0.2, 0) is 11.2 Å². The van der Waals surface area contributed by atoms with Crippen molar-refractivity contribution in [2.45, 2.75) is 45.6 Å². The van der Waals surface area contributed by atoms with Crippen molar-refractivity contribution < 1.29 is 4.79 Å². The molecule has 110 valence electrons. The highest BCUT2D eigenvalue weighted by atomic mass is 16.1. The monoisotopic (exact) mass is 274 g/mol. The third kappa shape index (κ3) is 4.34.